The minimum Gasteiger partial charge on any atom is -0.394 e. The molecular formula is C20H41NO2. The second-order valence-corrected chi connectivity index (χ2v) is 6.40. The third-order valence-corrected chi connectivity index (χ3v) is 4.09. The number of hydrogen-bond acceptors (Lipinski definition) is 3. The van der Waals surface area contributed by atoms with Gasteiger partial charge in [0.05, 0.1) is 13.2 Å². The Labute approximate surface area is 144 Å². The average molecular weight is 328 g/mol. The van der Waals surface area contributed by atoms with Gasteiger partial charge in [-0.15, -0.1) is 0 Å². The molecule has 2 N–H and O–H groups in total. The van der Waals surface area contributed by atoms with E-state index in [1.54, 1.807) is 0 Å². The van der Waals surface area contributed by atoms with Crippen molar-refractivity contribution in [1.29, 1.82) is 0 Å². The number of nitrogens with one attached hydrogen (secondary N) is 1. The fraction of sp³-hybridized carbons (Fsp3) is 0.900. The lowest BCUT2D eigenvalue weighted by Crippen LogP contribution is -2.18. The van der Waals surface area contributed by atoms with E-state index in [1.807, 2.05) is 0 Å². The highest BCUT2D eigenvalue weighted by atomic mass is 16.6. The molecule has 0 spiro atoms. The maximum atomic E-state index is 8.54. The molecule has 0 saturated heterocycles. The topological polar surface area (TPSA) is 41.5 Å². The monoisotopic (exact) mass is 327 g/mol. The Balaban J connectivity index is 3.02. The number of allylic oxidation sites excluding steroid dienone is 2. The van der Waals surface area contributed by atoms with Crippen molar-refractivity contribution >= 4 is 0 Å². The zero-order valence-corrected chi connectivity index (χ0v) is 15.5. The van der Waals surface area contributed by atoms with Crippen LogP contribution in [0.4, 0.5) is 0 Å². The van der Waals surface area contributed by atoms with Crippen molar-refractivity contribution in [2.75, 3.05) is 19.8 Å². The zero-order valence-electron chi connectivity index (χ0n) is 15.5. The molecule has 0 aromatic heterocycles. The normalized spacial score (nSPS) is 11.6. The molecule has 0 aromatic rings. The van der Waals surface area contributed by atoms with Gasteiger partial charge in [-0.1, -0.05) is 76.9 Å². The van der Waals surface area contributed by atoms with Gasteiger partial charge in [-0.05, 0) is 32.1 Å². The predicted molar refractivity (Wildman–Crippen MR) is 100 cm³/mol. The molecule has 0 aromatic carbocycles. The molecule has 0 fully saturated rings. The fourth-order valence-electron chi connectivity index (χ4n) is 2.63. The van der Waals surface area contributed by atoms with Gasteiger partial charge in [-0.25, -0.2) is 5.48 Å². The minimum atomic E-state index is 0.0837. The Morgan fingerprint density at radius 2 is 1.26 bits per heavy atom. The molecule has 138 valence electrons. The summed E-state index contributed by atoms with van der Waals surface area (Å²) < 4.78 is 0. The molecule has 3 nitrogen and oxygen atoms in total. The van der Waals surface area contributed by atoms with E-state index in [0.717, 1.165) is 13.0 Å². The summed E-state index contributed by atoms with van der Waals surface area (Å²) >= 11 is 0. The summed E-state index contributed by atoms with van der Waals surface area (Å²) in [5, 5.41) is 8.54. The van der Waals surface area contributed by atoms with Crippen LogP contribution < -0.4 is 5.48 Å². The van der Waals surface area contributed by atoms with Crippen LogP contribution in [0.15, 0.2) is 12.2 Å². The van der Waals surface area contributed by atoms with Crippen molar-refractivity contribution in [3.63, 3.8) is 0 Å². The lowest BCUT2D eigenvalue weighted by molar-refractivity contribution is 0.0170. The van der Waals surface area contributed by atoms with Gasteiger partial charge in [0.2, 0.25) is 0 Å². The highest BCUT2D eigenvalue weighted by Crippen LogP contribution is 2.09. The Morgan fingerprint density at radius 1 is 0.739 bits per heavy atom. The lowest BCUT2D eigenvalue weighted by atomic mass is 10.1. The standard InChI is InChI=1S/C20H41NO2/c1-2-3-4-5-6-7-8-9-10-11-12-13-14-15-16-17-18-21-23-20-19-22/h9-10,21-22H,2-8,11-20H2,1H3/b10-9-. The van der Waals surface area contributed by atoms with Crippen LogP contribution in [0.5, 0.6) is 0 Å². The molecule has 0 heterocycles. The van der Waals surface area contributed by atoms with Crippen molar-refractivity contribution < 1.29 is 9.94 Å². The van der Waals surface area contributed by atoms with Crippen LogP contribution in [-0.4, -0.2) is 24.9 Å². The minimum absolute atomic E-state index is 0.0837. The average Bonchev–Trinajstić information content (AvgIpc) is 2.57. The van der Waals surface area contributed by atoms with Gasteiger partial charge < -0.3 is 5.11 Å². The maximum absolute atomic E-state index is 8.54. The highest BCUT2D eigenvalue weighted by Gasteiger charge is 1.92. The van der Waals surface area contributed by atoms with E-state index in [0.29, 0.717) is 6.61 Å². The fourth-order valence-corrected chi connectivity index (χ4v) is 2.63. The number of aliphatic hydroxyl groups excluding tert-OH is 1. The Morgan fingerprint density at radius 3 is 1.83 bits per heavy atom. The molecule has 23 heavy (non-hydrogen) atoms. The largest absolute Gasteiger partial charge is 0.394 e. The first-order chi connectivity index (χ1) is 11.4. The Bertz CT molecular complexity index is 232. The van der Waals surface area contributed by atoms with E-state index in [2.05, 4.69) is 24.6 Å². The molecule has 0 amide bonds. The summed E-state index contributed by atoms with van der Waals surface area (Å²) in [5.41, 5.74) is 2.87. The Kier molecular flexibility index (Phi) is 21.3. The quantitative estimate of drug-likeness (QED) is 0.186. The van der Waals surface area contributed by atoms with Gasteiger partial charge in [-0.2, -0.15) is 0 Å². The molecule has 0 radical (unpaired) electrons. The molecule has 0 rings (SSSR count). The zero-order chi connectivity index (χ0) is 16.8. The van der Waals surface area contributed by atoms with Gasteiger partial charge >= 0.3 is 0 Å². The summed E-state index contributed by atoms with van der Waals surface area (Å²) in [6.45, 7) is 3.63. The molecule has 0 unspecified atom stereocenters. The van der Waals surface area contributed by atoms with E-state index < -0.39 is 0 Å². The third kappa shape index (κ3) is 21.6. The number of hydroxylamine groups is 1. The number of rotatable bonds is 19. The van der Waals surface area contributed by atoms with Gasteiger partial charge in [-0.3, -0.25) is 4.84 Å². The van der Waals surface area contributed by atoms with E-state index >= 15 is 0 Å². The van der Waals surface area contributed by atoms with Crippen molar-refractivity contribution in [1.82, 2.24) is 5.48 Å². The summed E-state index contributed by atoms with van der Waals surface area (Å²) in [4.78, 5) is 5.00. The van der Waals surface area contributed by atoms with Crippen LogP contribution in [0, 0.1) is 0 Å². The Hall–Kier alpha value is -0.380. The van der Waals surface area contributed by atoms with Crippen molar-refractivity contribution in [2.45, 2.75) is 96.8 Å². The van der Waals surface area contributed by atoms with Gasteiger partial charge in [0.15, 0.2) is 0 Å². The lowest BCUT2D eigenvalue weighted by Gasteiger charge is -2.04. The third-order valence-electron chi connectivity index (χ3n) is 4.09. The van der Waals surface area contributed by atoms with Crippen molar-refractivity contribution in [3.8, 4) is 0 Å². The maximum Gasteiger partial charge on any atom is 0.0913 e. The molecule has 3 heteroatoms. The van der Waals surface area contributed by atoms with E-state index in [9.17, 15) is 0 Å². The molecule has 0 aliphatic carbocycles. The van der Waals surface area contributed by atoms with Crippen LogP contribution in [0.25, 0.3) is 0 Å². The second kappa shape index (κ2) is 21.6. The van der Waals surface area contributed by atoms with Crippen LogP contribution >= 0.6 is 0 Å². The van der Waals surface area contributed by atoms with E-state index in [1.165, 1.54) is 83.5 Å². The van der Waals surface area contributed by atoms with Crippen molar-refractivity contribution in [3.05, 3.63) is 12.2 Å². The number of hydrogen-bond donors (Lipinski definition) is 2. The smallest absolute Gasteiger partial charge is 0.0913 e. The number of unbranched alkanes of at least 4 members (excludes halogenated alkanes) is 12. The molecule has 0 saturated carbocycles. The summed E-state index contributed by atoms with van der Waals surface area (Å²) in [6.07, 6.45) is 23.5. The van der Waals surface area contributed by atoms with Crippen LogP contribution in [0.3, 0.4) is 0 Å². The van der Waals surface area contributed by atoms with Crippen LogP contribution in [0.1, 0.15) is 96.8 Å². The SMILES string of the molecule is CCCCCCCC/C=C\CCCCCCCCNOCCO. The number of aliphatic hydroxyl groups is 1. The first-order valence-corrected chi connectivity index (χ1v) is 10.0. The van der Waals surface area contributed by atoms with Crippen molar-refractivity contribution in [2.24, 2.45) is 0 Å². The van der Waals surface area contributed by atoms with Gasteiger partial charge in [0, 0.05) is 6.54 Å². The summed E-state index contributed by atoms with van der Waals surface area (Å²) in [7, 11) is 0. The molecule has 0 aliphatic rings. The molecule has 0 bridgehead atoms. The first kappa shape index (κ1) is 22.6. The van der Waals surface area contributed by atoms with Gasteiger partial charge in [0.1, 0.15) is 0 Å². The van der Waals surface area contributed by atoms with Crippen LogP contribution in [-0.2, 0) is 4.84 Å². The van der Waals surface area contributed by atoms with Gasteiger partial charge in [0.25, 0.3) is 0 Å². The van der Waals surface area contributed by atoms with Crippen LogP contribution in [0.2, 0.25) is 0 Å². The first-order valence-electron chi connectivity index (χ1n) is 10.0. The molecule has 0 aliphatic heterocycles. The highest BCUT2D eigenvalue weighted by molar-refractivity contribution is 4.81. The second-order valence-electron chi connectivity index (χ2n) is 6.40. The summed E-state index contributed by atoms with van der Waals surface area (Å²) in [5.74, 6) is 0. The molecule has 0 atom stereocenters. The molecular weight excluding hydrogens is 286 g/mol. The summed E-state index contributed by atoms with van der Waals surface area (Å²) in [6, 6.07) is 0. The van der Waals surface area contributed by atoms with E-state index in [-0.39, 0.29) is 6.61 Å². The predicted octanol–water partition coefficient (Wildman–Crippen LogP) is 5.54. The van der Waals surface area contributed by atoms with E-state index in [4.69, 9.17) is 9.94 Å².